The Hall–Kier alpha value is -2.49. The third-order valence-electron chi connectivity index (χ3n) is 3.49. The molecule has 0 radical (unpaired) electrons. The first-order valence-electron chi connectivity index (χ1n) is 7.72. The minimum atomic E-state index is -0.577. The van der Waals surface area contributed by atoms with E-state index >= 15 is 0 Å². The van der Waals surface area contributed by atoms with Gasteiger partial charge in [0.15, 0.2) is 17.6 Å². The van der Waals surface area contributed by atoms with Crippen LogP contribution in [-0.4, -0.2) is 19.1 Å². The zero-order valence-corrected chi connectivity index (χ0v) is 14.1. The van der Waals surface area contributed by atoms with Gasteiger partial charge in [-0.15, -0.1) is 0 Å². The molecule has 0 heterocycles. The number of carbonyl (C=O) groups excluding carboxylic acids is 1. The van der Waals surface area contributed by atoms with Gasteiger partial charge in [-0.05, 0) is 55.7 Å². The maximum Gasteiger partial charge on any atom is 0.265 e. The van der Waals surface area contributed by atoms with Crippen molar-refractivity contribution in [3.8, 4) is 11.5 Å². The van der Waals surface area contributed by atoms with Crippen molar-refractivity contribution in [3.05, 3.63) is 53.6 Å². The molecule has 0 saturated heterocycles. The Balaban J connectivity index is 2.12. The third kappa shape index (κ3) is 4.49. The van der Waals surface area contributed by atoms with Crippen LogP contribution in [0.15, 0.2) is 42.5 Å². The molecule has 23 heavy (non-hydrogen) atoms. The van der Waals surface area contributed by atoms with Crippen LogP contribution in [0.2, 0.25) is 0 Å². The molecule has 0 aliphatic rings. The fraction of sp³-hybridized carbons (Fsp3) is 0.316. The average Bonchev–Trinajstić information content (AvgIpc) is 2.51. The summed E-state index contributed by atoms with van der Waals surface area (Å²) < 4.78 is 11.1. The van der Waals surface area contributed by atoms with E-state index in [1.54, 1.807) is 13.2 Å². The second-order valence-electron chi connectivity index (χ2n) is 5.53. The predicted octanol–water partition coefficient (Wildman–Crippen LogP) is 4.11. The standard InChI is InChI=1S/C19H23NO3/c1-5-16(23-18-9-7-6-8-17(18)22-4)19(21)20-15-11-13(2)10-14(3)12-15/h6-12,16H,5H2,1-4H3,(H,20,21)/t16-/m0/s1. The molecule has 1 N–H and O–H groups in total. The molecule has 0 aliphatic heterocycles. The van der Waals surface area contributed by atoms with Crippen LogP contribution in [0.4, 0.5) is 5.69 Å². The van der Waals surface area contributed by atoms with Gasteiger partial charge in [0.25, 0.3) is 5.91 Å². The smallest absolute Gasteiger partial charge is 0.265 e. The van der Waals surface area contributed by atoms with Crippen molar-refractivity contribution >= 4 is 11.6 Å². The summed E-state index contributed by atoms with van der Waals surface area (Å²) in [6, 6.07) is 13.3. The Labute approximate surface area is 137 Å². The molecule has 0 fully saturated rings. The van der Waals surface area contributed by atoms with Crippen LogP contribution >= 0.6 is 0 Å². The van der Waals surface area contributed by atoms with Gasteiger partial charge in [-0.2, -0.15) is 0 Å². The highest BCUT2D eigenvalue weighted by Gasteiger charge is 2.20. The molecule has 0 unspecified atom stereocenters. The largest absolute Gasteiger partial charge is 0.493 e. The second kappa shape index (κ2) is 7.68. The van der Waals surface area contributed by atoms with Crippen LogP contribution in [-0.2, 0) is 4.79 Å². The first kappa shape index (κ1) is 16.9. The Morgan fingerprint density at radius 2 is 1.70 bits per heavy atom. The van der Waals surface area contributed by atoms with Gasteiger partial charge in [-0.3, -0.25) is 4.79 Å². The highest BCUT2D eigenvalue weighted by Crippen LogP contribution is 2.27. The first-order valence-corrected chi connectivity index (χ1v) is 7.72. The number of hydrogen-bond acceptors (Lipinski definition) is 3. The van der Waals surface area contributed by atoms with E-state index in [0.29, 0.717) is 17.9 Å². The molecule has 0 aromatic heterocycles. The Kier molecular flexibility index (Phi) is 5.63. The Morgan fingerprint density at radius 3 is 2.26 bits per heavy atom. The van der Waals surface area contributed by atoms with E-state index in [1.165, 1.54) is 0 Å². The van der Waals surface area contributed by atoms with Crippen molar-refractivity contribution in [1.29, 1.82) is 0 Å². The SMILES string of the molecule is CC[C@H](Oc1ccccc1OC)C(=O)Nc1cc(C)cc(C)c1. The Bertz CT molecular complexity index is 662. The molecule has 2 rings (SSSR count). The van der Waals surface area contributed by atoms with Crippen LogP contribution in [0, 0.1) is 13.8 Å². The van der Waals surface area contributed by atoms with Crippen molar-refractivity contribution in [2.75, 3.05) is 12.4 Å². The lowest BCUT2D eigenvalue weighted by Crippen LogP contribution is -2.32. The van der Waals surface area contributed by atoms with Crippen LogP contribution in [0.1, 0.15) is 24.5 Å². The van der Waals surface area contributed by atoms with Crippen molar-refractivity contribution in [3.63, 3.8) is 0 Å². The van der Waals surface area contributed by atoms with Gasteiger partial charge in [-0.1, -0.05) is 25.1 Å². The van der Waals surface area contributed by atoms with E-state index < -0.39 is 6.10 Å². The lowest BCUT2D eigenvalue weighted by molar-refractivity contribution is -0.122. The molecule has 122 valence electrons. The van der Waals surface area contributed by atoms with E-state index in [1.807, 2.05) is 51.1 Å². The van der Waals surface area contributed by atoms with Gasteiger partial charge in [0.05, 0.1) is 7.11 Å². The summed E-state index contributed by atoms with van der Waals surface area (Å²) in [6.07, 6.45) is -0.0126. The molecule has 1 atom stereocenters. The van der Waals surface area contributed by atoms with E-state index in [4.69, 9.17) is 9.47 Å². The lowest BCUT2D eigenvalue weighted by atomic mass is 10.1. The zero-order chi connectivity index (χ0) is 16.8. The number of anilines is 1. The molecule has 4 heteroatoms. The lowest BCUT2D eigenvalue weighted by Gasteiger charge is -2.19. The summed E-state index contributed by atoms with van der Waals surface area (Å²) in [5.74, 6) is 1.02. The minimum Gasteiger partial charge on any atom is -0.493 e. The van der Waals surface area contributed by atoms with Crippen molar-refractivity contribution in [1.82, 2.24) is 0 Å². The molecule has 0 spiro atoms. The number of methoxy groups -OCH3 is 1. The van der Waals surface area contributed by atoms with Gasteiger partial charge in [0.2, 0.25) is 0 Å². The monoisotopic (exact) mass is 313 g/mol. The highest BCUT2D eigenvalue weighted by molar-refractivity contribution is 5.94. The number of nitrogens with one attached hydrogen (secondary N) is 1. The zero-order valence-electron chi connectivity index (χ0n) is 14.1. The van der Waals surface area contributed by atoms with Crippen LogP contribution in [0.3, 0.4) is 0 Å². The van der Waals surface area contributed by atoms with Gasteiger partial charge in [-0.25, -0.2) is 0 Å². The van der Waals surface area contributed by atoms with Gasteiger partial charge in [0.1, 0.15) is 0 Å². The summed E-state index contributed by atoms with van der Waals surface area (Å²) in [5.41, 5.74) is 3.01. The predicted molar refractivity (Wildman–Crippen MR) is 92.2 cm³/mol. The minimum absolute atomic E-state index is 0.164. The Morgan fingerprint density at radius 1 is 1.09 bits per heavy atom. The van der Waals surface area contributed by atoms with Gasteiger partial charge >= 0.3 is 0 Å². The molecule has 2 aromatic rings. The molecule has 4 nitrogen and oxygen atoms in total. The number of amides is 1. The summed E-state index contributed by atoms with van der Waals surface area (Å²) in [6.45, 7) is 5.93. The second-order valence-corrected chi connectivity index (χ2v) is 5.53. The average molecular weight is 313 g/mol. The summed E-state index contributed by atoms with van der Waals surface area (Å²) >= 11 is 0. The van der Waals surface area contributed by atoms with Crippen LogP contribution < -0.4 is 14.8 Å². The maximum atomic E-state index is 12.5. The normalized spacial score (nSPS) is 11.7. The molecular weight excluding hydrogens is 290 g/mol. The molecule has 0 saturated carbocycles. The quantitative estimate of drug-likeness (QED) is 0.873. The van der Waals surface area contributed by atoms with Crippen LogP contribution in [0.5, 0.6) is 11.5 Å². The number of hydrogen-bond donors (Lipinski definition) is 1. The molecule has 0 bridgehead atoms. The fourth-order valence-electron chi connectivity index (χ4n) is 2.46. The number of rotatable bonds is 6. The highest BCUT2D eigenvalue weighted by atomic mass is 16.5. The van der Waals surface area contributed by atoms with Crippen molar-refractivity contribution in [2.24, 2.45) is 0 Å². The fourth-order valence-corrected chi connectivity index (χ4v) is 2.46. The van der Waals surface area contributed by atoms with Gasteiger partial charge in [0, 0.05) is 5.69 Å². The number of aryl methyl sites for hydroxylation is 2. The molecular formula is C19H23NO3. The van der Waals surface area contributed by atoms with E-state index in [9.17, 15) is 4.79 Å². The summed E-state index contributed by atoms with van der Waals surface area (Å²) in [5, 5.41) is 2.93. The first-order chi connectivity index (χ1) is 11.0. The van der Waals surface area contributed by atoms with E-state index in [-0.39, 0.29) is 5.91 Å². The molecule has 1 amide bonds. The van der Waals surface area contributed by atoms with Crippen LogP contribution in [0.25, 0.3) is 0 Å². The number of carbonyl (C=O) groups is 1. The topological polar surface area (TPSA) is 47.6 Å². The summed E-state index contributed by atoms with van der Waals surface area (Å²) in [4.78, 5) is 12.5. The number of ether oxygens (including phenoxy) is 2. The molecule has 2 aromatic carbocycles. The third-order valence-corrected chi connectivity index (χ3v) is 3.49. The number of benzene rings is 2. The molecule has 0 aliphatic carbocycles. The van der Waals surface area contributed by atoms with Gasteiger partial charge < -0.3 is 14.8 Å². The maximum absolute atomic E-state index is 12.5. The van der Waals surface area contributed by atoms with E-state index in [2.05, 4.69) is 11.4 Å². The van der Waals surface area contributed by atoms with Crippen molar-refractivity contribution in [2.45, 2.75) is 33.3 Å². The van der Waals surface area contributed by atoms with E-state index in [0.717, 1.165) is 16.8 Å². The van der Waals surface area contributed by atoms with Crippen molar-refractivity contribution < 1.29 is 14.3 Å². The number of para-hydroxylation sites is 2. The summed E-state index contributed by atoms with van der Waals surface area (Å²) in [7, 11) is 1.58.